The molecule has 0 bridgehead atoms. The Hall–Kier alpha value is -2.89. The number of carbonyl (C=O) groups is 2. The van der Waals surface area contributed by atoms with Crippen LogP contribution in [0.15, 0.2) is 48.7 Å². The molecule has 26 heavy (non-hydrogen) atoms. The minimum Gasteiger partial charge on any atom is -0.480 e. The van der Waals surface area contributed by atoms with E-state index in [-0.39, 0.29) is 5.91 Å². The molecule has 1 fully saturated rings. The normalized spacial score (nSPS) is 14.5. The van der Waals surface area contributed by atoms with Gasteiger partial charge < -0.3 is 10.0 Å². The molecule has 0 spiro atoms. The van der Waals surface area contributed by atoms with Crippen molar-refractivity contribution in [1.82, 2.24) is 4.98 Å². The van der Waals surface area contributed by atoms with Crippen molar-refractivity contribution < 1.29 is 14.7 Å². The Kier molecular flexibility index (Phi) is 5.84. The highest BCUT2D eigenvalue weighted by molar-refractivity contribution is 6.08. The van der Waals surface area contributed by atoms with Crippen LogP contribution < -0.4 is 9.80 Å². The molecule has 1 N–H and O–H groups in total. The van der Waals surface area contributed by atoms with Gasteiger partial charge in [-0.05, 0) is 37.1 Å². The molecule has 1 aromatic carbocycles. The van der Waals surface area contributed by atoms with Gasteiger partial charge in [0, 0.05) is 25.0 Å². The first-order chi connectivity index (χ1) is 12.6. The summed E-state index contributed by atoms with van der Waals surface area (Å²) in [6.07, 6.45) is 6.34. The summed E-state index contributed by atoms with van der Waals surface area (Å²) in [5.74, 6) is -0.558. The molecule has 2 aromatic rings. The Morgan fingerprint density at radius 3 is 2.27 bits per heavy atom. The van der Waals surface area contributed by atoms with Crippen molar-refractivity contribution in [3.63, 3.8) is 0 Å². The van der Waals surface area contributed by atoms with Gasteiger partial charge in [-0.15, -0.1) is 0 Å². The van der Waals surface area contributed by atoms with Crippen molar-refractivity contribution >= 4 is 23.4 Å². The number of rotatable bonds is 5. The van der Waals surface area contributed by atoms with E-state index in [4.69, 9.17) is 5.11 Å². The fraction of sp³-hybridized carbons (Fsp3) is 0.350. The summed E-state index contributed by atoms with van der Waals surface area (Å²) in [6, 6.07) is 12.4. The van der Waals surface area contributed by atoms with E-state index in [1.807, 2.05) is 12.1 Å². The van der Waals surface area contributed by atoms with Crippen LogP contribution in [0.3, 0.4) is 0 Å². The minimum atomic E-state index is -1.06. The lowest BCUT2D eigenvalue weighted by Crippen LogP contribution is -2.35. The van der Waals surface area contributed by atoms with Gasteiger partial charge in [0.2, 0.25) is 0 Å². The van der Waals surface area contributed by atoms with Gasteiger partial charge in [0.25, 0.3) is 5.91 Å². The average molecular weight is 353 g/mol. The average Bonchev–Trinajstić information content (AvgIpc) is 2.96. The predicted octanol–water partition coefficient (Wildman–Crippen LogP) is 3.19. The van der Waals surface area contributed by atoms with E-state index in [1.165, 1.54) is 17.7 Å². The predicted molar refractivity (Wildman–Crippen MR) is 101 cm³/mol. The molecule has 2 heterocycles. The van der Waals surface area contributed by atoms with Crippen LogP contribution in [0.2, 0.25) is 0 Å². The summed E-state index contributed by atoms with van der Waals surface area (Å²) in [5, 5.41) is 9.17. The molecule has 6 nitrogen and oxygen atoms in total. The van der Waals surface area contributed by atoms with Crippen LogP contribution in [0.25, 0.3) is 0 Å². The molecule has 1 aromatic heterocycles. The zero-order valence-corrected chi connectivity index (χ0v) is 14.7. The van der Waals surface area contributed by atoms with Crippen molar-refractivity contribution in [2.75, 3.05) is 29.4 Å². The first-order valence-corrected chi connectivity index (χ1v) is 8.95. The number of aliphatic carboxylic acids is 1. The van der Waals surface area contributed by atoms with E-state index in [1.54, 1.807) is 36.5 Å². The number of anilines is 2. The number of benzene rings is 1. The summed E-state index contributed by atoms with van der Waals surface area (Å²) in [6.45, 7) is 1.57. The monoisotopic (exact) mass is 353 g/mol. The number of aromatic nitrogens is 1. The van der Waals surface area contributed by atoms with E-state index in [2.05, 4.69) is 9.88 Å². The molecule has 6 heteroatoms. The van der Waals surface area contributed by atoms with Gasteiger partial charge in [-0.2, -0.15) is 0 Å². The summed E-state index contributed by atoms with van der Waals surface area (Å²) in [7, 11) is 0. The van der Waals surface area contributed by atoms with Crippen molar-refractivity contribution in [3.05, 3.63) is 54.2 Å². The zero-order chi connectivity index (χ0) is 18.4. The third-order valence-electron chi connectivity index (χ3n) is 4.53. The minimum absolute atomic E-state index is 0.367. The van der Waals surface area contributed by atoms with Gasteiger partial charge in [-0.3, -0.25) is 14.5 Å². The Bertz CT molecular complexity index is 739. The van der Waals surface area contributed by atoms with Gasteiger partial charge in [0.15, 0.2) is 0 Å². The maximum atomic E-state index is 12.8. The summed E-state index contributed by atoms with van der Waals surface area (Å²) in [4.78, 5) is 32.0. The number of amides is 1. The topological polar surface area (TPSA) is 73.7 Å². The molecule has 0 saturated carbocycles. The van der Waals surface area contributed by atoms with Gasteiger partial charge in [-0.25, -0.2) is 4.98 Å². The number of para-hydroxylation sites is 1. The van der Waals surface area contributed by atoms with Crippen molar-refractivity contribution in [1.29, 1.82) is 0 Å². The van der Waals surface area contributed by atoms with Crippen LogP contribution in [0.1, 0.15) is 36.0 Å². The van der Waals surface area contributed by atoms with Crippen molar-refractivity contribution in [2.24, 2.45) is 0 Å². The first kappa shape index (κ1) is 17.9. The van der Waals surface area contributed by atoms with E-state index in [0.717, 1.165) is 31.7 Å². The van der Waals surface area contributed by atoms with Crippen LogP contribution in [-0.4, -0.2) is 41.6 Å². The second kappa shape index (κ2) is 8.47. The van der Waals surface area contributed by atoms with Gasteiger partial charge in [-0.1, -0.05) is 31.0 Å². The molecule has 3 rings (SSSR count). The molecule has 0 radical (unpaired) electrons. The number of pyridine rings is 1. The van der Waals surface area contributed by atoms with E-state index in [0.29, 0.717) is 11.3 Å². The van der Waals surface area contributed by atoms with Gasteiger partial charge >= 0.3 is 5.97 Å². The van der Waals surface area contributed by atoms with Gasteiger partial charge in [0.05, 0.1) is 5.56 Å². The molecule has 0 aliphatic carbocycles. The fourth-order valence-corrected chi connectivity index (χ4v) is 3.18. The number of carbonyl (C=O) groups excluding carboxylic acids is 1. The van der Waals surface area contributed by atoms with Crippen molar-refractivity contribution in [3.8, 4) is 0 Å². The highest BCUT2D eigenvalue weighted by Crippen LogP contribution is 2.20. The third-order valence-corrected chi connectivity index (χ3v) is 4.53. The molecule has 0 atom stereocenters. The number of nitrogens with zero attached hydrogens (tertiary/aromatic N) is 3. The molecule has 1 aliphatic rings. The summed E-state index contributed by atoms with van der Waals surface area (Å²) in [5.41, 5.74) is 0.935. The third kappa shape index (κ3) is 4.39. The highest BCUT2D eigenvalue weighted by atomic mass is 16.4. The standard InChI is InChI=1S/C20H23N3O3/c24-19(25)15-23(17-8-4-3-5-9-17)20(26)16-10-11-18(21-14-16)22-12-6-1-2-7-13-22/h3-5,8-11,14H,1-2,6-7,12-13,15H2,(H,24,25). The highest BCUT2D eigenvalue weighted by Gasteiger charge is 2.21. The van der Waals surface area contributed by atoms with Gasteiger partial charge in [0.1, 0.15) is 12.4 Å². The molecule has 1 saturated heterocycles. The van der Waals surface area contributed by atoms with E-state index in [9.17, 15) is 9.59 Å². The molecular weight excluding hydrogens is 330 g/mol. The molecule has 1 amide bonds. The summed E-state index contributed by atoms with van der Waals surface area (Å²) < 4.78 is 0. The van der Waals surface area contributed by atoms with E-state index < -0.39 is 12.5 Å². The molecule has 136 valence electrons. The SMILES string of the molecule is O=C(O)CN(C(=O)c1ccc(N2CCCCCC2)nc1)c1ccccc1. The first-order valence-electron chi connectivity index (χ1n) is 8.95. The van der Waals surface area contributed by atoms with Crippen LogP contribution in [0.5, 0.6) is 0 Å². The second-order valence-electron chi connectivity index (χ2n) is 6.43. The lowest BCUT2D eigenvalue weighted by Gasteiger charge is -2.23. The second-order valence-corrected chi connectivity index (χ2v) is 6.43. The lowest BCUT2D eigenvalue weighted by atomic mass is 10.2. The fourth-order valence-electron chi connectivity index (χ4n) is 3.18. The Morgan fingerprint density at radius 2 is 1.69 bits per heavy atom. The van der Waals surface area contributed by atoms with Crippen LogP contribution in [0.4, 0.5) is 11.5 Å². The quantitative estimate of drug-likeness (QED) is 0.893. The number of hydrogen-bond acceptors (Lipinski definition) is 4. The number of carboxylic acid groups (broad SMARTS) is 1. The maximum absolute atomic E-state index is 12.8. The Labute approximate surface area is 153 Å². The number of carboxylic acids is 1. The maximum Gasteiger partial charge on any atom is 0.323 e. The number of hydrogen-bond donors (Lipinski definition) is 1. The van der Waals surface area contributed by atoms with Crippen LogP contribution in [-0.2, 0) is 4.79 Å². The van der Waals surface area contributed by atoms with Crippen molar-refractivity contribution in [2.45, 2.75) is 25.7 Å². The Morgan fingerprint density at radius 1 is 1.00 bits per heavy atom. The smallest absolute Gasteiger partial charge is 0.323 e. The van der Waals surface area contributed by atoms with Crippen LogP contribution in [0, 0.1) is 0 Å². The molecule has 1 aliphatic heterocycles. The van der Waals surface area contributed by atoms with Crippen LogP contribution >= 0.6 is 0 Å². The largest absolute Gasteiger partial charge is 0.480 e. The van der Waals surface area contributed by atoms with E-state index >= 15 is 0 Å². The lowest BCUT2D eigenvalue weighted by molar-refractivity contribution is -0.135. The molecule has 0 unspecified atom stereocenters. The summed E-state index contributed by atoms with van der Waals surface area (Å²) >= 11 is 0. The molecular formula is C20H23N3O3. The zero-order valence-electron chi connectivity index (χ0n) is 14.7. The Balaban J connectivity index is 1.79.